The van der Waals surface area contributed by atoms with Crippen molar-refractivity contribution in [3.8, 4) is 0 Å². The van der Waals surface area contributed by atoms with Crippen molar-refractivity contribution in [2.45, 2.75) is 37.6 Å². The van der Waals surface area contributed by atoms with Crippen LogP contribution in [0.5, 0.6) is 0 Å². The van der Waals surface area contributed by atoms with Crippen LogP contribution in [0.3, 0.4) is 0 Å². The highest BCUT2D eigenvalue weighted by Crippen LogP contribution is 2.63. The van der Waals surface area contributed by atoms with E-state index in [-0.39, 0.29) is 11.3 Å². The van der Waals surface area contributed by atoms with Crippen molar-refractivity contribution >= 4 is 45.8 Å². The first-order valence-corrected chi connectivity index (χ1v) is 8.95. The number of fused-ring (bicyclic) bond motifs is 1. The molecule has 2 aromatic rings. The summed E-state index contributed by atoms with van der Waals surface area (Å²) in [6, 6.07) is 6.71. The largest absolute Gasteiger partial charge is 0.290 e. The van der Waals surface area contributed by atoms with E-state index in [9.17, 15) is 14.4 Å². The summed E-state index contributed by atoms with van der Waals surface area (Å²) >= 11 is 11.9. The molecule has 2 N–H and O–H groups in total. The minimum absolute atomic E-state index is 0.0536. The van der Waals surface area contributed by atoms with E-state index in [0.717, 1.165) is 0 Å². The Bertz CT molecular complexity index is 957. The first-order chi connectivity index (χ1) is 12.2. The Hall–Kier alpha value is -2.12. The fraction of sp³-hybridized carbons (Fsp3) is 0.412. The van der Waals surface area contributed by atoms with Crippen molar-refractivity contribution < 1.29 is 9.59 Å². The van der Waals surface area contributed by atoms with Gasteiger partial charge in [0.25, 0.3) is 11.5 Å². The minimum Gasteiger partial charge on any atom is -0.273 e. The number of alkyl halides is 2. The fourth-order valence-electron chi connectivity index (χ4n) is 2.72. The molecule has 1 atom stereocenters. The number of hydrogen-bond donors (Lipinski definition) is 2. The van der Waals surface area contributed by atoms with Crippen LogP contribution in [0.4, 0.5) is 0 Å². The Labute approximate surface area is 159 Å². The predicted molar refractivity (Wildman–Crippen MR) is 99.1 cm³/mol. The molecule has 138 valence electrons. The molecule has 1 unspecified atom stereocenters. The van der Waals surface area contributed by atoms with E-state index in [4.69, 9.17) is 23.2 Å². The Balaban J connectivity index is 1.87. The van der Waals surface area contributed by atoms with Crippen LogP contribution in [-0.2, 0) is 11.3 Å². The second kappa shape index (κ2) is 6.55. The maximum absolute atomic E-state index is 12.6. The summed E-state index contributed by atoms with van der Waals surface area (Å²) in [5.74, 6) is -1.11. The zero-order valence-electron chi connectivity index (χ0n) is 14.3. The molecule has 0 radical (unpaired) electrons. The smallest absolute Gasteiger partial charge is 0.273 e. The lowest BCUT2D eigenvalue weighted by Crippen LogP contribution is -2.46. The minimum atomic E-state index is -1.14. The quantitative estimate of drug-likeness (QED) is 0.611. The first-order valence-electron chi connectivity index (χ1n) is 8.20. The molecule has 0 aliphatic heterocycles. The van der Waals surface area contributed by atoms with Crippen LogP contribution in [0.15, 0.2) is 29.1 Å². The van der Waals surface area contributed by atoms with Crippen molar-refractivity contribution in [3.63, 3.8) is 0 Å². The molecule has 0 bridgehead atoms. The van der Waals surface area contributed by atoms with E-state index in [0.29, 0.717) is 30.2 Å². The molecule has 0 spiro atoms. The van der Waals surface area contributed by atoms with Crippen LogP contribution in [0.25, 0.3) is 10.8 Å². The molecule has 9 heteroatoms. The highest BCUT2D eigenvalue weighted by molar-refractivity contribution is 6.53. The molecule has 2 amide bonds. The number of rotatable bonds is 4. The van der Waals surface area contributed by atoms with Crippen molar-refractivity contribution in [1.82, 2.24) is 20.6 Å². The van der Waals surface area contributed by atoms with E-state index in [2.05, 4.69) is 16.0 Å². The second-order valence-electron chi connectivity index (χ2n) is 6.54. The number of hydrogen-bond acceptors (Lipinski definition) is 4. The zero-order valence-corrected chi connectivity index (χ0v) is 15.8. The standard InChI is InChI=1S/C17H18Cl2N4O3/c1-3-8-23-14(25)11-7-5-4-6-10(11)12(22-23)13(24)20-21-15(26)16(2)9-17(16,18)19/h4-7H,3,8-9H2,1-2H3,(H,20,24)(H,21,26). The molecule has 1 aliphatic rings. The van der Waals surface area contributed by atoms with Crippen LogP contribution in [-0.4, -0.2) is 25.9 Å². The number of amides is 2. The summed E-state index contributed by atoms with van der Waals surface area (Å²) in [6.45, 7) is 3.91. The molecule has 1 aromatic heterocycles. The molecule has 0 saturated heterocycles. The summed E-state index contributed by atoms with van der Waals surface area (Å²) in [4.78, 5) is 37.2. The molecular formula is C17H18Cl2N4O3. The summed E-state index contributed by atoms with van der Waals surface area (Å²) < 4.78 is 0.116. The highest BCUT2D eigenvalue weighted by atomic mass is 35.5. The van der Waals surface area contributed by atoms with Gasteiger partial charge in [-0.05, 0) is 25.8 Å². The van der Waals surface area contributed by atoms with Gasteiger partial charge in [-0.1, -0.05) is 25.1 Å². The van der Waals surface area contributed by atoms with Crippen LogP contribution < -0.4 is 16.4 Å². The Morgan fingerprint density at radius 3 is 2.42 bits per heavy atom. The molecule has 7 nitrogen and oxygen atoms in total. The van der Waals surface area contributed by atoms with E-state index < -0.39 is 21.6 Å². The van der Waals surface area contributed by atoms with Crippen molar-refractivity contribution in [1.29, 1.82) is 0 Å². The number of nitrogens with zero attached hydrogens (tertiary/aromatic N) is 2. The van der Waals surface area contributed by atoms with Gasteiger partial charge in [-0.2, -0.15) is 5.10 Å². The van der Waals surface area contributed by atoms with Gasteiger partial charge in [-0.15, -0.1) is 23.2 Å². The number of carbonyl (C=O) groups excluding carboxylic acids is 2. The van der Waals surface area contributed by atoms with E-state index in [1.807, 2.05) is 6.92 Å². The van der Waals surface area contributed by atoms with Crippen molar-refractivity contribution in [2.75, 3.05) is 0 Å². The van der Waals surface area contributed by atoms with Gasteiger partial charge < -0.3 is 0 Å². The van der Waals surface area contributed by atoms with E-state index in [1.54, 1.807) is 31.2 Å². The number of carbonyl (C=O) groups is 2. The molecule has 26 heavy (non-hydrogen) atoms. The van der Waals surface area contributed by atoms with Gasteiger partial charge in [0.2, 0.25) is 5.91 Å². The van der Waals surface area contributed by atoms with Crippen molar-refractivity contribution in [2.24, 2.45) is 5.41 Å². The van der Waals surface area contributed by atoms with Crippen LogP contribution in [0.2, 0.25) is 0 Å². The van der Waals surface area contributed by atoms with Gasteiger partial charge in [0.05, 0.1) is 10.8 Å². The topological polar surface area (TPSA) is 93.1 Å². The number of benzene rings is 1. The lowest BCUT2D eigenvalue weighted by atomic mass is 10.1. The maximum Gasteiger partial charge on any atom is 0.290 e. The average Bonchev–Trinajstić information content (AvgIpc) is 3.14. The summed E-state index contributed by atoms with van der Waals surface area (Å²) in [5, 5.41) is 4.97. The van der Waals surface area contributed by atoms with Gasteiger partial charge in [0.1, 0.15) is 4.33 Å². The van der Waals surface area contributed by atoms with E-state index in [1.165, 1.54) is 4.68 Å². The van der Waals surface area contributed by atoms with Gasteiger partial charge in [0.15, 0.2) is 5.69 Å². The summed E-state index contributed by atoms with van der Waals surface area (Å²) in [6.07, 6.45) is 0.988. The third-order valence-electron chi connectivity index (χ3n) is 4.57. The Morgan fingerprint density at radius 1 is 1.23 bits per heavy atom. The third kappa shape index (κ3) is 3.05. The Kier molecular flexibility index (Phi) is 4.71. The highest BCUT2D eigenvalue weighted by Gasteiger charge is 2.68. The van der Waals surface area contributed by atoms with Crippen LogP contribution in [0, 0.1) is 5.41 Å². The normalized spacial score (nSPS) is 20.6. The molecule has 1 saturated carbocycles. The molecular weight excluding hydrogens is 379 g/mol. The van der Waals surface area contributed by atoms with Crippen LogP contribution in [0.1, 0.15) is 37.2 Å². The van der Waals surface area contributed by atoms with Crippen molar-refractivity contribution in [3.05, 3.63) is 40.3 Å². The Morgan fingerprint density at radius 2 is 1.85 bits per heavy atom. The molecule has 1 fully saturated rings. The van der Waals surface area contributed by atoms with E-state index >= 15 is 0 Å². The number of halogens is 2. The van der Waals surface area contributed by atoms with Gasteiger partial charge in [0, 0.05) is 11.9 Å². The third-order valence-corrected chi connectivity index (χ3v) is 5.67. The molecule has 1 heterocycles. The van der Waals surface area contributed by atoms with Gasteiger partial charge >= 0.3 is 0 Å². The number of aromatic nitrogens is 2. The van der Waals surface area contributed by atoms with Gasteiger partial charge in [-0.3, -0.25) is 25.2 Å². The first kappa shape index (κ1) is 18.7. The van der Waals surface area contributed by atoms with Crippen LogP contribution >= 0.6 is 23.2 Å². The number of nitrogens with one attached hydrogen (secondary N) is 2. The number of hydrazine groups is 1. The lowest BCUT2D eigenvalue weighted by molar-refractivity contribution is -0.126. The lowest BCUT2D eigenvalue weighted by Gasteiger charge is -2.14. The SMILES string of the molecule is CCCn1nc(C(=O)NNC(=O)C2(C)CC2(Cl)Cl)c2ccccc2c1=O. The fourth-order valence-corrected chi connectivity index (χ4v) is 3.43. The van der Waals surface area contributed by atoms with Gasteiger partial charge in [-0.25, -0.2) is 4.68 Å². The second-order valence-corrected chi connectivity index (χ2v) is 8.03. The monoisotopic (exact) mass is 396 g/mol. The number of aryl methyl sites for hydroxylation is 1. The molecule has 1 aromatic carbocycles. The average molecular weight is 397 g/mol. The molecule has 1 aliphatic carbocycles. The zero-order chi connectivity index (χ0) is 19.1. The molecule has 3 rings (SSSR count). The summed E-state index contributed by atoms with van der Waals surface area (Å²) in [5.41, 5.74) is 3.50. The summed E-state index contributed by atoms with van der Waals surface area (Å²) in [7, 11) is 0. The predicted octanol–water partition coefficient (Wildman–Crippen LogP) is 2.15. The maximum atomic E-state index is 12.6.